The molecule has 0 bridgehead atoms. The van der Waals surface area contributed by atoms with Crippen molar-refractivity contribution in [2.24, 2.45) is 5.92 Å². The number of nitrogens with zero attached hydrogens (tertiary/aromatic N) is 1. The Labute approximate surface area is 86.6 Å². The molecule has 4 heteroatoms. The Morgan fingerprint density at radius 1 is 1.47 bits per heavy atom. The van der Waals surface area contributed by atoms with Gasteiger partial charge in [0.15, 0.2) is 5.78 Å². The highest BCUT2D eigenvalue weighted by Crippen LogP contribution is 2.22. The fourth-order valence-electron chi connectivity index (χ4n) is 1.91. The molecule has 1 N–H and O–H groups in total. The van der Waals surface area contributed by atoms with E-state index in [2.05, 4.69) is 4.98 Å². The van der Waals surface area contributed by atoms with Gasteiger partial charge in [-0.15, -0.1) is 0 Å². The molecule has 1 aromatic rings. The summed E-state index contributed by atoms with van der Waals surface area (Å²) in [6.45, 7) is 1.97. The fraction of sp³-hybridized carbons (Fsp3) is 0.364. The normalized spacial score (nSPS) is 19.5. The van der Waals surface area contributed by atoms with Gasteiger partial charge in [-0.2, -0.15) is 5.26 Å². The fourth-order valence-corrected chi connectivity index (χ4v) is 1.91. The molecule has 0 spiro atoms. The summed E-state index contributed by atoms with van der Waals surface area (Å²) in [5, 5.41) is 8.68. The lowest BCUT2D eigenvalue weighted by atomic mass is 9.87. The number of nitriles is 1. The maximum atomic E-state index is 11.6. The number of H-pyrrole nitrogens is 1. The van der Waals surface area contributed by atoms with Gasteiger partial charge < -0.3 is 4.98 Å². The molecule has 15 heavy (non-hydrogen) atoms. The van der Waals surface area contributed by atoms with E-state index in [1.807, 2.05) is 6.92 Å². The molecule has 1 aliphatic rings. The number of rotatable bonds is 0. The number of nitrogens with one attached hydrogen (secondary N) is 1. The Bertz CT molecular complexity index is 522. The first-order chi connectivity index (χ1) is 7.11. The average molecular weight is 202 g/mol. The summed E-state index contributed by atoms with van der Waals surface area (Å²) in [5.41, 5.74) is 0.779. The van der Waals surface area contributed by atoms with E-state index in [1.54, 1.807) is 6.07 Å². The minimum absolute atomic E-state index is 0.0106. The van der Waals surface area contributed by atoms with Gasteiger partial charge in [-0.05, 0) is 18.4 Å². The van der Waals surface area contributed by atoms with E-state index in [-0.39, 0.29) is 17.3 Å². The molecule has 2 rings (SSSR count). The van der Waals surface area contributed by atoms with Crippen molar-refractivity contribution in [2.45, 2.75) is 19.8 Å². The van der Waals surface area contributed by atoms with Gasteiger partial charge in [0.1, 0.15) is 11.6 Å². The molecule has 0 amide bonds. The van der Waals surface area contributed by atoms with E-state index in [0.29, 0.717) is 24.1 Å². The lowest BCUT2D eigenvalue weighted by molar-refractivity contribution is 0.0952. The van der Waals surface area contributed by atoms with Gasteiger partial charge in [-0.3, -0.25) is 9.59 Å². The topological polar surface area (TPSA) is 73.7 Å². The minimum atomic E-state index is -0.404. The molecular formula is C11H10N2O2. The van der Waals surface area contributed by atoms with Crippen molar-refractivity contribution in [3.8, 4) is 6.07 Å². The van der Waals surface area contributed by atoms with Gasteiger partial charge >= 0.3 is 0 Å². The van der Waals surface area contributed by atoms with Crippen LogP contribution in [0.5, 0.6) is 0 Å². The first-order valence-electron chi connectivity index (χ1n) is 4.81. The summed E-state index contributed by atoms with van der Waals surface area (Å²) in [7, 11) is 0. The molecule has 76 valence electrons. The van der Waals surface area contributed by atoms with Crippen LogP contribution in [0.2, 0.25) is 0 Å². The first-order valence-corrected chi connectivity index (χ1v) is 4.81. The van der Waals surface area contributed by atoms with Crippen LogP contribution in [-0.4, -0.2) is 10.8 Å². The Morgan fingerprint density at radius 3 is 2.87 bits per heavy atom. The van der Waals surface area contributed by atoms with Crippen LogP contribution in [0, 0.1) is 17.2 Å². The predicted octanol–water partition coefficient (Wildman–Crippen LogP) is 1.01. The largest absolute Gasteiger partial charge is 0.324 e. The maximum Gasteiger partial charge on any atom is 0.266 e. The van der Waals surface area contributed by atoms with E-state index in [4.69, 9.17) is 5.26 Å². The monoisotopic (exact) mass is 202 g/mol. The van der Waals surface area contributed by atoms with Crippen LogP contribution < -0.4 is 5.56 Å². The van der Waals surface area contributed by atoms with E-state index in [9.17, 15) is 9.59 Å². The molecule has 1 heterocycles. The second kappa shape index (κ2) is 3.35. The first kappa shape index (κ1) is 9.66. The standard InChI is InChI=1S/C11H10N2O2/c1-6-2-9-8(10(14)3-6)4-7(5-12)11(15)13-9/h4,6H,2-3H2,1H3,(H,13,15). The summed E-state index contributed by atoms with van der Waals surface area (Å²) < 4.78 is 0. The number of hydrogen-bond donors (Lipinski definition) is 1. The van der Waals surface area contributed by atoms with Gasteiger partial charge in [-0.25, -0.2) is 0 Å². The number of carbonyl (C=O) groups is 1. The highest BCUT2D eigenvalue weighted by molar-refractivity contribution is 5.98. The highest BCUT2D eigenvalue weighted by atomic mass is 16.1. The van der Waals surface area contributed by atoms with Crippen molar-refractivity contribution < 1.29 is 4.79 Å². The molecule has 0 saturated carbocycles. The highest BCUT2D eigenvalue weighted by Gasteiger charge is 2.23. The van der Waals surface area contributed by atoms with Crippen LogP contribution in [-0.2, 0) is 6.42 Å². The van der Waals surface area contributed by atoms with Gasteiger partial charge in [0.25, 0.3) is 5.56 Å². The molecule has 0 radical (unpaired) electrons. The number of ketones is 1. The molecule has 1 atom stereocenters. The van der Waals surface area contributed by atoms with Gasteiger partial charge in [0.05, 0.1) is 0 Å². The second-order valence-corrected chi connectivity index (χ2v) is 3.95. The van der Waals surface area contributed by atoms with E-state index in [1.165, 1.54) is 6.07 Å². The van der Waals surface area contributed by atoms with Crippen LogP contribution in [0.3, 0.4) is 0 Å². The molecule has 1 unspecified atom stereocenters. The van der Waals surface area contributed by atoms with Crippen LogP contribution in [0.1, 0.15) is 35.0 Å². The summed E-state index contributed by atoms with van der Waals surface area (Å²) in [6.07, 6.45) is 1.19. The predicted molar refractivity (Wildman–Crippen MR) is 53.6 cm³/mol. The SMILES string of the molecule is CC1CC(=O)c2cc(C#N)c(=O)[nH]c2C1. The number of hydrogen-bond acceptors (Lipinski definition) is 3. The third-order valence-electron chi connectivity index (χ3n) is 2.63. The molecule has 4 nitrogen and oxygen atoms in total. The lowest BCUT2D eigenvalue weighted by Gasteiger charge is -2.19. The second-order valence-electron chi connectivity index (χ2n) is 3.95. The van der Waals surface area contributed by atoms with Gasteiger partial charge in [-0.1, -0.05) is 6.92 Å². The van der Waals surface area contributed by atoms with Crippen LogP contribution in [0.25, 0.3) is 0 Å². The summed E-state index contributed by atoms with van der Waals surface area (Å²) >= 11 is 0. The number of fused-ring (bicyclic) bond motifs is 1. The van der Waals surface area contributed by atoms with Crippen molar-refractivity contribution in [1.82, 2.24) is 4.98 Å². The van der Waals surface area contributed by atoms with Crippen molar-refractivity contribution in [2.75, 3.05) is 0 Å². The Balaban J connectivity index is 2.63. The van der Waals surface area contributed by atoms with Crippen molar-refractivity contribution in [1.29, 1.82) is 5.26 Å². The molecule has 0 aromatic carbocycles. The van der Waals surface area contributed by atoms with E-state index in [0.717, 1.165) is 0 Å². The summed E-state index contributed by atoms with van der Waals surface area (Å²) in [4.78, 5) is 25.6. The molecule has 1 aliphatic carbocycles. The number of carbonyl (C=O) groups excluding carboxylic acids is 1. The minimum Gasteiger partial charge on any atom is -0.324 e. The van der Waals surface area contributed by atoms with E-state index >= 15 is 0 Å². The van der Waals surface area contributed by atoms with Crippen molar-refractivity contribution in [3.63, 3.8) is 0 Å². The summed E-state index contributed by atoms with van der Waals surface area (Å²) in [6, 6.07) is 3.19. The number of pyridine rings is 1. The molecule has 0 fully saturated rings. The van der Waals surface area contributed by atoms with Gasteiger partial charge in [0.2, 0.25) is 0 Å². The third-order valence-corrected chi connectivity index (χ3v) is 2.63. The van der Waals surface area contributed by atoms with Crippen LogP contribution >= 0.6 is 0 Å². The number of Topliss-reactive ketones (excluding diaryl/α,β-unsaturated/α-hetero) is 1. The molecule has 1 aromatic heterocycles. The zero-order valence-electron chi connectivity index (χ0n) is 8.33. The quantitative estimate of drug-likeness (QED) is 0.682. The Hall–Kier alpha value is -1.89. The van der Waals surface area contributed by atoms with Gasteiger partial charge in [0, 0.05) is 17.7 Å². The van der Waals surface area contributed by atoms with Crippen LogP contribution in [0.15, 0.2) is 10.9 Å². The average Bonchev–Trinajstić information content (AvgIpc) is 2.16. The number of aromatic nitrogens is 1. The van der Waals surface area contributed by atoms with Crippen molar-refractivity contribution in [3.05, 3.63) is 33.2 Å². The maximum absolute atomic E-state index is 11.6. The summed E-state index contributed by atoms with van der Waals surface area (Å²) in [5.74, 6) is 0.269. The zero-order chi connectivity index (χ0) is 11.0. The number of aromatic amines is 1. The molecule has 0 aliphatic heterocycles. The van der Waals surface area contributed by atoms with E-state index < -0.39 is 5.56 Å². The molecule has 0 saturated heterocycles. The van der Waals surface area contributed by atoms with Crippen molar-refractivity contribution >= 4 is 5.78 Å². The third kappa shape index (κ3) is 1.57. The smallest absolute Gasteiger partial charge is 0.266 e. The Kier molecular flexibility index (Phi) is 2.16. The molecular weight excluding hydrogens is 192 g/mol. The zero-order valence-corrected chi connectivity index (χ0v) is 8.33. The lowest BCUT2D eigenvalue weighted by Crippen LogP contribution is -2.24. The van der Waals surface area contributed by atoms with Crippen LogP contribution in [0.4, 0.5) is 0 Å². The Morgan fingerprint density at radius 2 is 2.20 bits per heavy atom.